The maximum atomic E-state index is 12.3. The largest absolute Gasteiger partial charge is 0.497 e. The number of ether oxygens (including phenoxy) is 1. The van der Waals surface area contributed by atoms with Gasteiger partial charge in [0, 0.05) is 24.7 Å². The summed E-state index contributed by atoms with van der Waals surface area (Å²) in [5.41, 5.74) is 0.416. The monoisotopic (exact) mass is 374 g/mol. The maximum Gasteiger partial charge on any atom is 0.324 e. The van der Waals surface area contributed by atoms with Crippen LogP contribution in [0.4, 0.5) is 4.79 Å². The molecule has 0 saturated carbocycles. The zero-order chi connectivity index (χ0) is 19.4. The summed E-state index contributed by atoms with van der Waals surface area (Å²) in [6.45, 7) is 0.809. The zero-order valence-electron chi connectivity index (χ0n) is 15.1. The molecule has 0 radical (unpaired) electrons. The normalized spacial score (nSPS) is 17.7. The van der Waals surface area contributed by atoms with Crippen molar-refractivity contribution in [3.05, 3.63) is 29.8 Å². The summed E-state index contributed by atoms with van der Waals surface area (Å²) in [7, 11) is 1.52. The lowest BCUT2D eigenvalue weighted by atomic mass is 10.0. The number of piperidine rings is 1. The first-order valence-electron chi connectivity index (χ1n) is 8.79. The molecule has 0 unspecified atom stereocenters. The number of hydrogen-bond acceptors (Lipinski definition) is 5. The summed E-state index contributed by atoms with van der Waals surface area (Å²) >= 11 is 0. The molecular formula is C18H22N4O5. The van der Waals surface area contributed by atoms with E-state index in [0.29, 0.717) is 37.2 Å². The van der Waals surface area contributed by atoms with Crippen LogP contribution in [-0.2, 0) is 9.59 Å². The molecule has 2 heterocycles. The summed E-state index contributed by atoms with van der Waals surface area (Å²) in [5, 5.41) is 5.12. The van der Waals surface area contributed by atoms with Crippen LogP contribution in [0.5, 0.6) is 5.75 Å². The van der Waals surface area contributed by atoms with Gasteiger partial charge in [0.05, 0.1) is 20.2 Å². The van der Waals surface area contributed by atoms with E-state index in [1.165, 1.54) is 12.0 Å². The Morgan fingerprint density at radius 3 is 2.63 bits per heavy atom. The third kappa shape index (κ3) is 4.18. The Hall–Kier alpha value is -3.10. The van der Waals surface area contributed by atoms with Crippen LogP contribution in [0.2, 0.25) is 0 Å². The van der Waals surface area contributed by atoms with Gasteiger partial charge in [-0.1, -0.05) is 6.07 Å². The Bertz CT molecular complexity index is 742. The molecule has 1 aromatic rings. The fourth-order valence-corrected chi connectivity index (χ4v) is 3.31. The fraction of sp³-hybridized carbons (Fsp3) is 0.444. The molecule has 0 bridgehead atoms. The second-order valence-electron chi connectivity index (χ2n) is 6.45. The van der Waals surface area contributed by atoms with Crippen molar-refractivity contribution >= 4 is 23.8 Å². The third-order valence-electron chi connectivity index (χ3n) is 4.79. The highest BCUT2D eigenvalue weighted by atomic mass is 16.5. The van der Waals surface area contributed by atoms with Gasteiger partial charge in [-0.15, -0.1) is 0 Å². The molecule has 0 atom stereocenters. The van der Waals surface area contributed by atoms with Gasteiger partial charge >= 0.3 is 6.03 Å². The number of likely N-dealkylation sites (tertiary alicyclic amines) is 1. The van der Waals surface area contributed by atoms with E-state index in [4.69, 9.17) is 4.74 Å². The standard InChI is InChI=1S/C18H22N4O5/c1-27-14-4-2-3-12(9-14)17(25)19-10-15(23)21-7-5-13(6-8-21)22-16(24)11-20-18(22)26/h2-4,9,13H,5-8,10-11H2,1H3,(H,19,25)(H,20,26). The van der Waals surface area contributed by atoms with Gasteiger partial charge in [0.25, 0.3) is 5.91 Å². The number of hydrogen-bond donors (Lipinski definition) is 2. The number of benzene rings is 1. The molecule has 144 valence electrons. The van der Waals surface area contributed by atoms with Crippen molar-refractivity contribution in [2.24, 2.45) is 0 Å². The van der Waals surface area contributed by atoms with E-state index in [1.54, 1.807) is 29.2 Å². The van der Waals surface area contributed by atoms with Crippen LogP contribution in [0.3, 0.4) is 0 Å². The van der Waals surface area contributed by atoms with E-state index in [2.05, 4.69) is 10.6 Å². The molecule has 9 heteroatoms. The first-order valence-corrected chi connectivity index (χ1v) is 8.79. The van der Waals surface area contributed by atoms with Crippen LogP contribution >= 0.6 is 0 Å². The van der Waals surface area contributed by atoms with E-state index in [9.17, 15) is 19.2 Å². The van der Waals surface area contributed by atoms with Crippen molar-refractivity contribution in [3.63, 3.8) is 0 Å². The van der Waals surface area contributed by atoms with Gasteiger partial charge in [0.1, 0.15) is 5.75 Å². The lowest BCUT2D eigenvalue weighted by Gasteiger charge is -2.35. The summed E-state index contributed by atoms with van der Waals surface area (Å²) in [6, 6.07) is 6.13. The number of carbonyl (C=O) groups is 4. The first kappa shape index (κ1) is 18.7. The number of imide groups is 1. The number of nitrogens with zero attached hydrogens (tertiary/aromatic N) is 2. The molecule has 2 fully saturated rings. The van der Waals surface area contributed by atoms with Gasteiger partial charge in [-0.2, -0.15) is 0 Å². The van der Waals surface area contributed by atoms with Gasteiger partial charge in [0.15, 0.2) is 0 Å². The minimum Gasteiger partial charge on any atom is -0.497 e. The van der Waals surface area contributed by atoms with E-state index in [1.807, 2.05) is 0 Å². The molecule has 27 heavy (non-hydrogen) atoms. The van der Waals surface area contributed by atoms with E-state index >= 15 is 0 Å². The predicted molar refractivity (Wildman–Crippen MR) is 95.2 cm³/mol. The minimum atomic E-state index is -0.365. The zero-order valence-corrected chi connectivity index (χ0v) is 15.1. The Labute approximate surface area is 156 Å². The average molecular weight is 374 g/mol. The number of carbonyl (C=O) groups excluding carboxylic acids is 4. The smallest absolute Gasteiger partial charge is 0.324 e. The molecule has 2 aliphatic heterocycles. The van der Waals surface area contributed by atoms with Crippen molar-refractivity contribution in [1.82, 2.24) is 20.4 Å². The third-order valence-corrected chi connectivity index (χ3v) is 4.79. The highest BCUT2D eigenvalue weighted by molar-refractivity contribution is 6.02. The van der Waals surface area contributed by atoms with Gasteiger partial charge in [-0.3, -0.25) is 19.3 Å². The van der Waals surface area contributed by atoms with Crippen LogP contribution in [-0.4, -0.2) is 72.9 Å². The van der Waals surface area contributed by atoms with Crippen molar-refractivity contribution in [2.75, 3.05) is 33.3 Å². The number of urea groups is 1. The topological polar surface area (TPSA) is 108 Å². The second kappa shape index (κ2) is 8.07. The summed E-state index contributed by atoms with van der Waals surface area (Å²) in [4.78, 5) is 50.9. The Morgan fingerprint density at radius 1 is 1.26 bits per heavy atom. The Kier molecular flexibility index (Phi) is 5.58. The van der Waals surface area contributed by atoms with Crippen LogP contribution in [0.15, 0.2) is 24.3 Å². The van der Waals surface area contributed by atoms with Gasteiger partial charge in [-0.25, -0.2) is 4.79 Å². The predicted octanol–water partition coefficient (Wildman–Crippen LogP) is -0.0322. The van der Waals surface area contributed by atoms with Crippen LogP contribution in [0, 0.1) is 0 Å². The summed E-state index contributed by atoms with van der Waals surface area (Å²) < 4.78 is 5.08. The van der Waals surface area contributed by atoms with Crippen molar-refractivity contribution in [3.8, 4) is 5.75 Å². The van der Waals surface area contributed by atoms with Crippen LogP contribution < -0.4 is 15.4 Å². The number of amides is 5. The average Bonchev–Trinajstić information content (AvgIpc) is 3.04. The lowest BCUT2D eigenvalue weighted by molar-refractivity contribution is -0.132. The van der Waals surface area contributed by atoms with Crippen LogP contribution in [0.1, 0.15) is 23.2 Å². The molecule has 3 rings (SSSR count). The quantitative estimate of drug-likeness (QED) is 0.704. The number of nitrogens with one attached hydrogen (secondary N) is 2. The van der Waals surface area contributed by atoms with E-state index < -0.39 is 0 Å². The van der Waals surface area contributed by atoms with Crippen molar-refractivity contribution < 1.29 is 23.9 Å². The number of methoxy groups -OCH3 is 1. The van der Waals surface area contributed by atoms with Crippen molar-refractivity contribution in [2.45, 2.75) is 18.9 Å². The molecule has 0 aromatic heterocycles. The molecule has 9 nitrogen and oxygen atoms in total. The Balaban J connectivity index is 1.47. The van der Waals surface area contributed by atoms with Gasteiger partial charge in [-0.05, 0) is 31.0 Å². The van der Waals surface area contributed by atoms with Gasteiger partial charge in [0.2, 0.25) is 11.8 Å². The Morgan fingerprint density at radius 2 is 2.00 bits per heavy atom. The molecule has 2 saturated heterocycles. The highest BCUT2D eigenvalue weighted by Crippen LogP contribution is 2.19. The fourth-order valence-electron chi connectivity index (χ4n) is 3.31. The number of rotatable bonds is 5. The first-order chi connectivity index (χ1) is 13.0. The summed E-state index contributed by atoms with van der Waals surface area (Å²) in [5.74, 6) is -0.203. The SMILES string of the molecule is COc1cccc(C(=O)NCC(=O)N2CCC(N3C(=O)CNC3=O)CC2)c1. The molecule has 0 aliphatic carbocycles. The summed E-state index contributed by atoms with van der Waals surface area (Å²) in [6.07, 6.45) is 1.07. The van der Waals surface area contributed by atoms with E-state index in [-0.39, 0.29) is 42.9 Å². The van der Waals surface area contributed by atoms with Crippen molar-refractivity contribution in [1.29, 1.82) is 0 Å². The van der Waals surface area contributed by atoms with E-state index in [0.717, 1.165) is 0 Å². The molecule has 2 N–H and O–H groups in total. The van der Waals surface area contributed by atoms with Gasteiger partial charge < -0.3 is 20.3 Å². The van der Waals surface area contributed by atoms with Crippen LogP contribution in [0.25, 0.3) is 0 Å². The molecule has 5 amide bonds. The maximum absolute atomic E-state index is 12.3. The minimum absolute atomic E-state index is 0.0360. The second-order valence-corrected chi connectivity index (χ2v) is 6.45. The molecule has 2 aliphatic rings. The molecule has 1 aromatic carbocycles. The lowest BCUT2D eigenvalue weighted by Crippen LogP contribution is -2.50. The highest BCUT2D eigenvalue weighted by Gasteiger charge is 2.37. The molecular weight excluding hydrogens is 352 g/mol. The molecule has 0 spiro atoms.